The number of non-ortho nitro benzene ring substituents is 1. The molecule has 14 nitrogen and oxygen atoms in total. The summed E-state index contributed by atoms with van der Waals surface area (Å²) in [7, 11) is -1.25. The van der Waals surface area contributed by atoms with Gasteiger partial charge in [0.25, 0.3) is 11.2 Å². The summed E-state index contributed by atoms with van der Waals surface area (Å²) < 4.78 is 28.7. The number of anilines is 1. The lowest BCUT2D eigenvalue weighted by molar-refractivity contribution is -0.384. The fourth-order valence-electron chi connectivity index (χ4n) is 3.13. The first-order chi connectivity index (χ1) is 16.0. The van der Waals surface area contributed by atoms with Gasteiger partial charge >= 0.3 is 5.69 Å². The Hall–Kier alpha value is -4.18. The van der Waals surface area contributed by atoms with E-state index in [0.717, 1.165) is 35.0 Å². The molecule has 0 bridgehead atoms. The number of thiazole rings is 1. The summed E-state index contributed by atoms with van der Waals surface area (Å²) in [6.45, 7) is -0.339. The predicted molar refractivity (Wildman–Crippen MR) is 120 cm³/mol. The maximum absolute atomic E-state index is 12.8. The Labute approximate surface area is 193 Å². The van der Waals surface area contributed by atoms with Crippen LogP contribution in [0.3, 0.4) is 0 Å². The highest BCUT2D eigenvalue weighted by atomic mass is 32.2. The first-order valence-electron chi connectivity index (χ1n) is 9.37. The second kappa shape index (κ2) is 8.31. The van der Waals surface area contributed by atoms with Gasteiger partial charge in [-0.2, -0.15) is 0 Å². The topological polar surface area (TPSA) is 181 Å². The number of carbonyl (C=O) groups is 1. The van der Waals surface area contributed by atoms with Gasteiger partial charge in [-0.1, -0.05) is 11.3 Å². The Balaban J connectivity index is 1.55. The first-order valence-corrected chi connectivity index (χ1v) is 11.7. The van der Waals surface area contributed by atoms with E-state index in [4.69, 9.17) is 0 Å². The third-order valence-electron chi connectivity index (χ3n) is 4.88. The number of amides is 1. The van der Waals surface area contributed by atoms with Crippen molar-refractivity contribution in [2.24, 2.45) is 14.1 Å². The van der Waals surface area contributed by atoms with Crippen molar-refractivity contribution >= 4 is 49.1 Å². The number of hydrogen-bond acceptors (Lipinski definition) is 10. The summed E-state index contributed by atoms with van der Waals surface area (Å²) in [6, 6.07) is 4.38. The number of hydrogen-bond donors (Lipinski definition) is 1. The fourth-order valence-corrected chi connectivity index (χ4v) is 5.58. The van der Waals surface area contributed by atoms with E-state index >= 15 is 0 Å². The number of benzene rings is 1. The fraction of sp³-hybridized carbons (Fsp3) is 0.167. The van der Waals surface area contributed by atoms with Crippen molar-refractivity contribution in [2.45, 2.75) is 15.6 Å². The largest absolute Gasteiger partial charge is 0.332 e. The van der Waals surface area contributed by atoms with Gasteiger partial charge in [0.2, 0.25) is 15.7 Å². The molecule has 0 saturated heterocycles. The van der Waals surface area contributed by atoms with Crippen LogP contribution in [-0.4, -0.2) is 42.9 Å². The van der Waals surface area contributed by atoms with Crippen molar-refractivity contribution in [1.82, 2.24) is 23.7 Å². The summed E-state index contributed by atoms with van der Waals surface area (Å²) in [4.78, 5) is 54.9. The zero-order chi connectivity index (χ0) is 24.8. The van der Waals surface area contributed by atoms with Crippen molar-refractivity contribution in [3.05, 3.63) is 67.7 Å². The average molecular weight is 505 g/mol. The number of sulfone groups is 1. The maximum atomic E-state index is 12.8. The van der Waals surface area contributed by atoms with Crippen LogP contribution in [0.4, 0.5) is 10.8 Å². The van der Waals surface area contributed by atoms with Gasteiger partial charge in [0.15, 0.2) is 16.3 Å². The normalized spacial score (nSPS) is 11.6. The molecule has 0 aliphatic rings. The number of carbonyl (C=O) groups excluding carboxylic acids is 1. The number of aryl methyl sites for hydroxylation is 1. The molecule has 0 unspecified atom stereocenters. The number of nitro benzene ring substituents is 1. The molecule has 0 saturated carbocycles. The number of rotatable bonds is 6. The number of fused-ring (bicyclic) bond motifs is 1. The Morgan fingerprint density at radius 1 is 1.15 bits per heavy atom. The number of nitrogens with zero attached hydrogens (tertiary/aromatic N) is 6. The van der Waals surface area contributed by atoms with E-state index in [1.807, 2.05) is 0 Å². The zero-order valence-corrected chi connectivity index (χ0v) is 19.2. The molecular formula is C18H15N7O7S2. The highest BCUT2D eigenvalue weighted by Crippen LogP contribution is 2.29. The second-order valence-corrected chi connectivity index (χ2v) is 10.2. The molecule has 3 aromatic heterocycles. The van der Waals surface area contributed by atoms with Crippen molar-refractivity contribution in [2.75, 3.05) is 5.32 Å². The average Bonchev–Trinajstić information content (AvgIpc) is 3.44. The van der Waals surface area contributed by atoms with E-state index in [-0.39, 0.29) is 37.6 Å². The summed E-state index contributed by atoms with van der Waals surface area (Å²) in [6.07, 6.45) is 2.31. The molecule has 4 aromatic rings. The summed E-state index contributed by atoms with van der Waals surface area (Å²) in [5.41, 5.74) is -1.25. The zero-order valence-electron chi connectivity index (χ0n) is 17.5. The van der Waals surface area contributed by atoms with Gasteiger partial charge in [0, 0.05) is 26.2 Å². The lowest BCUT2D eigenvalue weighted by Crippen LogP contribution is -2.37. The van der Waals surface area contributed by atoms with E-state index in [1.165, 1.54) is 29.6 Å². The number of nitro groups is 1. The molecule has 1 N–H and O–H groups in total. The van der Waals surface area contributed by atoms with Gasteiger partial charge in [-0.25, -0.2) is 23.2 Å². The minimum absolute atomic E-state index is 0.00444. The van der Waals surface area contributed by atoms with Crippen LogP contribution in [0.2, 0.25) is 0 Å². The van der Waals surface area contributed by atoms with Crippen LogP contribution in [0.5, 0.6) is 0 Å². The van der Waals surface area contributed by atoms with Crippen LogP contribution in [0.15, 0.2) is 55.5 Å². The Morgan fingerprint density at radius 3 is 2.47 bits per heavy atom. The molecule has 16 heteroatoms. The molecule has 3 heterocycles. The van der Waals surface area contributed by atoms with Crippen molar-refractivity contribution in [3.8, 4) is 0 Å². The van der Waals surface area contributed by atoms with E-state index in [1.54, 1.807) is 0 Å². The van der Waals surface area contributed by atoms with Crippen LogP contribution in [0.1, 0.15) is 0 Å². The quantitative estimate of drug-likeness (QED) is 0.284. The highest BCUT2D eigenvalue weighted by Gasteiger charge is 2.23. The van der Waals surface area contributed by atoms with Gasteiger partial charge in [-0.15, -0.1) is 0 Å². The monoisotopic (exact) mass is 505 g/mol. The number of nitrogens with one attached hydrogen (secondary N) is 1. The molecular weight excluding hydrogens is 490 g/mol. The molecule has 0 aliphatic carbocycles. The number of imidazole rings is 1. The molecule has 4 rings (SSSR count). The lowest BCUT2D eigenvalue weighted by atomic mass is 10.3. The molecule has 1 amide bonds. The highest BCUT2D eigenvalue weighted by molar-refractivity contribution is 7.93. The predicted octanol–water partition coefficient (Wildman–Crippen LogP) is 0.270. The smallest absolute Gasteiger partial charge is 0.315 e. The van der Waals surface area contributed by atoms with Crippen LogP contribution in [-0.2, 0) is 35.3 Å². The van der Waals surface area contributed by atoms with Gasteiger partial charge in [0.1, 0.15) is 10.8 Å². The maximum Gasteiger partial charge on any atom is 0.332 e. The number of aromatic nitrogens is 5. The van der Waals surface area contributed by atoms with Crippen LogP contribution < -0.4 is 16.6 Å². The van der Waals surface area contributed by atoms with Crippen molar-refractivity contribution in [3.63, 3.8) is 0 Å². The lowest BCUT2D eigenvalue weighted by Gasteiger charge is -2.06. The molecule has 0 spiro atoms. The van der Waals surface area contributed by atoms with E-state index in [0.29, 0.717) is 11.3 Å². The Kier molecular flexibility index (Phi) is 5.62. The first kappa shape index (κ1) is 23.0. The molecule has 1 aromatic carbocycles. The summed E-state index contributed by atoms with van der Waals surface area (Å²) in [5.74, 6) is -0.608. The van der Waals surface area contributed by atoms with Crippen molar-refractivity contribution in [1.29, 1.82) is 0 Å². The van der Waals surface area contributed by atoms with Crippen LogP contribution in [0, 0.1) is 10.1 Å². The molecule has 0 fully saturated rings. The molecule has 0 radical (unpaired) electrons. The molecule has 34 heavy (non-hydrogen) atoms. The van der Waals surface area contributed by atoms with Gasteiger partial charge in [-0.05, 0) is 12.1 Å². The third kappa shape index (κ3) is 3.88. The molecule has 0 aliphatic heterocycles. The Morgan fingerprint density at radius 2 is 1.82 bits per heavy atom. The SMILES string of the molecule is Cn1c(=O)c2c(ncn2CC(=O)Nc2ncc(S(=O)(=O)c3ccc([N+](=O)[O-])cc3)s2)n(C)c1=O. The standard InChI is InChI=1S/C18H15N7O7S2/c1-22-15-14(16(27)23(2)18(22)28)24(9-20-15)8-12(26)21-17-19-7-13(33-17)34(31,32)11-5-3-10(4-6-11)25(29)30/h3-7,9H,8H2,1-2H3,(H,19,21,26). The third-order valence-corrected chi connectivity index (χ3v) is 8.03. The minimum atomic E-state index is -4.00. The van der Waals surface area contributed by atoms with Gasteiger partial charge < -0.3 is 9.88 Å². The van der Waals surface area contributed by atoms with E-state index in [2.05, 4.69) is 15.3 Å². The summed E-state index contributed by atoms with van der Waals surface area (Å²) >= 11 is 0.699. The van der Waals surface area contributed by atoms with Crippen LogP contribution >= 0.6 is 11.3 Å². The Bertz CT molecular complexity index is 1680. The second-order valence-electron chi connectivity index (χ2n) is 7.04. The van der Waals surface area contributed by atoms with E-state index < -0.39 is 31.9 Å². The van der Waals surface area contributed by atoms with Crippen molar-refractivity contribution < 1.29 is 18.1 Å². The van der Waals surface area contributed by atoms with Gasteiger partial charge in [-0.3, -0.25) is 28.8 Å². The van der Waals surface area contributed by atoms with E-state index in [9.17, 15) is 32.9 Å². The molecule has 176 valence electrons. The minimum Gasteiger partial charge on any atom is -0.315 e. The molecule has 0 atom stereocenters. The van der Waals surface area contributed by atoms with Gasteiger partial charge in [0.05, 0.1) is 22.3 Å². The van der Waals surface area contributed by atoms with Crippen LogP contribution in [0.25, 0.3) is 11.2 Å². The summed E-state index contributed by atoms with van der Waals surface area (Å²) in [5, 5.41) is 13.2.